The Bertz CT molecular complexity index is 315. The molecule has 1 aliphatic carbocycles. The molecule has 0 saturated heterocycles. The molecular weight excluding hydrogens is 410 g/mol. The quantitative estimate of drug-likeness (QED) is 0.196. The molecule has 0 aromatic rings. The molecule has 0 aromatic heterocycles. The Labute approximate surface area is 161 Å². The van der Waals surface area contributed by atoms with Gasteiger partial charge in [0.05, 0.1) is 31.8 Å². The van der Waals surface area contributed by atoms with Crippen molar-refractivity contribution in [2.45, 2.75) is 25.1 Å². The minimum Gasteiger partial charge on any atom is -0.396 e. The van der Waals surface area contributed by atoms with Crippen LogP contribution in [0.1, 0.15) is 19.8 Å². The van der Waals surface area contributed by atoms with Gasteiger partial charge < -0.3 is 35.1 Å². The smallest absolute Gasteiger partial charge is 0.324 e. The van der Waals surface area contributed by atoms with Crippen molar-refractivity contribution >= 4 is 22.2 Å². The van der Waals surface area contributed by atoms with E-state index in [1.165, 1.54) is 18.2 Å². The van der Waals surface area contributed by atoms with E-state index in [-0.39, 0.29) is 0 Å². The van der Waals surface area contributed by atoms with Gasteiger partial charge in [0.15, 0.2) is 0 Å². The van der Waals surface area contributed by atoms with Crippen molar-refractivity contribution in [1.82, 2.24) is 0 Å². The molecule has 0 amide bonds. The van der Waals surface area contributed by atoms with Gasteiger partial charge in [-0.3, -0.25) is 9.59 Å². The predicted molar refractivity (Wildman–Crippen MR) is 92.7 cm³/mol. The van der Waals surface area contributed by atoms with Crippen LogP contribution in [0.4, 0.5) is 0 Å². The van der Waals surface area contributed by atoms with Gasteiger partial charge in [0, 0.05) is 0 Å². The SMILES string of the molecule is CC[CH2][Mn][C]1=CC=CC1.OCC(CO)(CO)CO.OP(O)O.[C]=O.[C]=O. The molecule has 9 nitrogen and oxygen atoms in total. The van der Waals surface area contributed by atoms with E-state index in [0.717, 1.165) is 15.0 Å². The molecule has 153 valence electrons. The summed E-state index contributed by atoms with van der Waals surface area (Å²) in [5, 5.41) is 35.4. The van der Waals surface area contributed by atoms with E-state index < -0.39 is 40.4 Å². The van der Waals surface area contributed by atoms with Crippen LogP contribution in [0.3, 0.4) is 0 Å². The van der Waals surface area contributed by atoms with Crippen molar-refractivity contribution in [3.63, 3.8) is 0 Å². The average Bonchev–Trinajstić information content (AvgIpc) is 3.19. The summed E-state index contributed by atoms with van der Waals surface area (Å²) in [5.41, 5.74) is -1.11. The second-order valence-corrected chi connectivity index (χ2v) is 6.77. The molecule has 0 unspecified atom stereocenters. The summed E-state index contributed by atoms with van der Waals surface area (Å²) in [7, 11) is -2.62. The largest absolute Gasteiger partial charge is 0.396 e. The number of hydrogen-bond acceptors (Lipinski definition) is 9. The fraction of sp³-hybridized carbons (Fsp3) is 0.600. The van der Waals surface area contributed by atoms with Crippen LogP contribution in [0.25, 0.3) is 0 Å². The first-order chi connectivity index (χ1) is 12.4. The van der Waals surface area contributed by atoms with Gasteiger partial charge in [0.2, 0.25) is 0 Å². The van der Waals surface area contributed by atoms with Crippen molar-refractivity contribution in [3.8, 4) is 0 Å². The number of rotatable bonds is 7. The molecule has 0 atom stereocenters. The standard InChI is InChI=1S/C5H12O4.C5H5.C3H7.2CO.Mn.H3O3P/c6-1-5(2-7,3-8)4-9;1-2-4-5-3-1;1-3-2;2*1-2;;1-4(2)3/h6-9H,1-4H2;1-3H,4H2;1,3H2,2H3;;;;1-3H. The van der Waals surface area contributed by atoms with Crippen molar-refractivity contribution in [2.75, 3.05) is 26.4 Å². The maximum absolute atomic E-state index is 8.50. The summed E-state index contributed by atoms with van der Waals surface area (Å²) in [4.78, 5) is 36.7. The van der Waals surface area contributed by atoms with Crippen LogP contribution in [0.5, 0.6) is 0 Å². The molecule has 4 radical (unpaired) electrons. The topological polar surface area (TPSA) is 176 Å². The van der Waals surface area contributed by atoms with E-state index in [2.05, 4.69) is 38.7 Å². The first-order valence-corrected chi connectivity index (χ1v) is 9.69. The van der Waals surface area contributed by atoms with E-state index in [9.17, 15) is 0 Å². The Balaban J connectivity index is -0.000000134. The second kappa shape index (κ2) is 26.7. The molecule has 0 saturated carbocycles. The van der Waals surface area contributed by atoms with Crippen LogP contribution in [0, 0.1) is 5.41 Å². The molecule has 0 aliphatic heterocycles. The minimum absolute atomic E-state index is 0.406. The summed E-state index contributed by atoms with van der Waals surface area (Å²) >= 11 is 1.06. The van der Waals surface area contributed by atoms with Crippen molar-refractivity contribution in [1.29, 1.82) is 0 Å². The Hall–Kier alpha value is -0.511. The zero-order valence-corrected chi connectivity index (χ0v) is 16.5. The van der Waals surface area contributed by atoms with E-state index in [1.54, 1.807) is 4.47 Å². The average molecular weight is 437 g/mol. The molecule has 0 spiro atoms. The van der Waals surface area contributed by atoms with E-state index in [1.807, 2.05) is 0 Å². The third kappa shape index (κ3) is 23.5. The Morgan fingerprint density at radius 1 is 1.00 bits per heavy atom. The number of allylic oxidation sites excluding steroid dienone is 4. The summed E-state index contributed by atoms with van der Waals surface area (Å²) in [6.07, 6.45) is 9.21. The Morgan fingerprint density at radius 3 is 1.58 bits per heavy atom. The number of aliphatic hydroxyl groups is 4. The normalized spacial score (nSPS) is 11.5. The zero-order chi connectivity index (χ0) is 21.4. The van der Waals surface area contributed by atoms with Crippen LogP contribution in [-0.4, -0.2) is 75.1 Å². The fourth-order valence-corrected chi connectivity index (χ4v) is 2.27. The molecule has 1 rings (SSSR count). The Kier molecular flexibility index (Phi) is 34.0. The maximum atomic E-state index is 8.50. The first-order valence-electron chi connectivity index (χ1n) is 7.07. The van der Waals surface area contributed by atoms with Gasteiger partial charge >= 0.3 is 71.3 Å². The molecule has 11 heteroatoms. The van der Waals surface area contributed by atoms with E-state index >= 15 is 0 Å². The third-order valence-corrected chi connectivity index (χ3v) is 4.38. The van der Waals surface area contributed by atoms with Crippen LogP contribution < -0.4 is 0 Å². The molecule has 1 aliphatic rings. The predicted octanol–water partition coefficient (Wildman–Crippen LogP) is -0.921. The summed E-state index contributed by atoms with van der Waals surface area (Å²) in [5.74, 6) is 0. The third-order valence-electron chi connectivity index (χ3n) is 2.52. The van der Waals surface area contributed by atoms with Gasteiger partial charge in [0.1, 0.15) is 0 Å². The Morgan fingerprint density at radius 2 is 1.38 bits per heavy atom. The molecular formula is C15H27MnO9P. The summed E-state index contributed by atoms with van der Waals surface area (Å²) < 4.78 is 1.64. The zero-order valence-electron chi connectivity index (χ0n) is 14.5. The monoisotopic (exact) mass is 437 g/mol. The first kappa shape index (κ1) is 33.1. The van der Waals surface area contributed by atoms with Crippen molar-refractivity contribution < 1.29 is 59.7 Å². The fourth-order valence-electron chi connectivity index (χ4n) is 1.04. The van der Waals surface area contributed by atoms with E-state index in [0.29, 0.717) is 0 Å². The van der Waals surface area contributed by atoms with Crippen LogP contribution >= 0.6 is 8.60 Å². The van der Waals surface area contributed by atoms with Gasteiger partial charge in [-0.15, -0.1) is 0 Å². The van der Waals surface area contributed by atoms with Gasteiger partial charge in [0.25, 0.3) is 13.6 Å². The minimum atomic E-state index is -2.62. The number of carbonyl (C=O) groups excluding carboxylic acids is 2. The van der Waals surface area contributed by atoms with Gasteiger partial charge in [-0.05, 0) is 0 Å². The van der Waals surface area contributed by atoms with Crippen molar-refractivity contribution in [2.24, 2.45) is 5.41 Å². The molecule has 0 aromatic carbocycles. The summed E-state index contributed by atoms with van der Waals surface area (Å²) in [6.45, 7) is 9.62. The molecule has 7 N–H and O–H groups in total. The van der Waals surface area contributed by atoms with Gasteiger partial charge in [-0.2, -0.15) is 0 Å². The number of hydrogen-bond donors (Lipinski definition) is 7. The van der Waals surface area contributed by atoms with Crippen molar-refractivity contribution in [3.05, 3.63) is 22.7 Å². The number of aliphatic hydroxyl groups excluding tert-OH is 4. The van der Waals surface area contributed by atoms with Crippen LogP contribution in [-0.2, 0) is 24.5 Å². The van der Waals surface area contributed by atoms with Gasteiger partial charge in [-0.25, -0.2) is 0 Å². The van der Waals surface area contributed by atoms with E-state index in [4.69, 9.17) is 44.7 Å². The summed E-state index contributed by atoms with van der Waals surface area (Å²) in [6, 6.07) is 0. The van der Waals surface area contributed by atoms with Crippen LogP contribution in [0.2, 0.25) is 5.32 Å². The molecule has 0 bridgehead atoms. The second-order valence-electron chi connectivity index (χ2n) is 4.47. The van der Waals surface area contributed by atoms with Gasteiger partial charge in [-0.1, -0.05) is 0 Å². The maximum Gasteiger partial charge on any atom is 0.324 e. The van der Waals surface area contributed by atoms with Crippen LogP contribution in [0.15, 0.2) is 22.7 Å². The molecule has 26 heavy (non-hydrogen) atoms. The molecule has 0 fully saturated rings. The molecule has 0 heterocycles.